The van der Waals surface area contributed by atoms with Gasteiger partial charge in [-0.3, -0.25) is 4.79 Å². The molecule has 1 aromatic rings. The summed E-state index contributed by atoms with van der Waals surface area (Å²) in [6.45, 7) is 2.05. The van der Waals surface area contributed by atoms with Crippen molar-refractivity contribution in [3.63, 3.8) is 0 Å². The lowest BCUT2D eigenvalue weighted by atomic mass is 9.89. The number of hydrogen-bond donors (Lipinski definition) is 1. The number of amides is 1. The first-order valence-electron chi connectivity index (χ1n) is 10.2. The predicted octanol–water partition coefficient (Wildman–Crippen LogP) is 3.46. The summed E-state index contributed by atoms with van der Waals surface area (Å²) in [7, 11) is 0. The maximum absolute atomic E-state index is 13.1. The molecule has 0 aromatic heterocycles. The van der Waals surface area contributed by atoms with Crippen LogP contribution in [-0.4, -0.2) is 42.6 Å². The molecule has 3 unspecified atom stereocenters. The Morgan fingerprint density at radius 2 is 1.89 bits per heavy atom. The number of carbonyl (C=O) groups excluding carboxylic acids is 1. The molecule has 148 valence electrons. The Kier molecular flexibility index (Phi) is 5.51. The number of nitrogens with zero attached hydrogens (tertiary/aromatic N) is 1. The zero-order valence-corrected chi connectivity index (χ0v) is 16.5. The number of nitrogens with one attached hydrogen (secondary N) is 1. The third-order valence-electron chi connectivity index (χ3n) is 6.56. The Bertz CT molecular complexity index is 686. The summed E-state index contributed by atoms with van der Waals surface area (Å²) >= 11 is 0. The number of piperidine rings is 1. The molecule has 4 aliphatic rings. The molecule has 3 fully saturated rings. The molecule has 3 saturated heterocycles. The number of likely N-dealkylation sites (tertiary alicyclic amines) is 1. The van der Waals surface area contributed by atoms with Gasteiger partial charge in [-0.15, -0.1) is 12.4 Å². The number of halogens is 1. The van der Waals surface area contributed by atoms with Crippen molar-refractivity contribution in [1.82, 2.24) is 10.2 Å². The molecule has 0 spiro atoms. The molecular weight excluding hydrogens is 364 g/mol. The zero-order chi connectivity index (χ0) is 17.5. The number of carbonyl (C=O) groups is 1. The summed E-state index contributed by atoms with van der Waals surface area (Å²) in [5.41, 5.74) is 1.12. The van der Waals surface area contributed by atoms with E-state index in [1.165, 1.54) is 25.7 Å². The van der Waals surface area contributed by atoms with Crippen molar-refractivity contribution in [3.8, 4) is 11.5 Å². The molecule has 0 aliphatic carbocycles. The minimum Gasteiger partial charge on any atom is -0.486 e. The first kappa shape index (κ1) is 18.9. The van der Waals surface area contributed by atoms with Crippen molar-refractivity contribution in [2.75, 3.05) is 19.8 Å². The van der Waals surface area contributed by atoms with Crippen molar-refractivity contribution in [1.29, 1.82) is 0 Å². The van der Waals surface area contributed by atoms with E-state index in [1.54, 1.807) is 0 Å². The van der Waals surface area contributed by atoms with Crippen LogP contribution in [0, 0.1) is 5.92 Å². The van der Waals surface area contributed by atoms with Gasteiger partial charge in [0, 0.05) is 30.6 Å². The largest absolute Gasteiger partial charge is 0.486 e. The first-order valence-corrected chi connectivity index (χ1v) is 10.2. The maximum atomic E-state index is 13.1. The zero-order valence-electron chi connectivity index (χ0n) is 15.7. The Morgan fingerprint density at radius 3 is 2.70 bits per heavy atom. The summed E-state index contributed by atoms with van der Waals surface area (Å²) in [6.07, 6.45) is 7.69. The van der Waals surface area contributed by atoms with Gasteiger partial charge < -0.3 is 19.7 Å². The average molecular weight is 393 g/mol. The highest BCUT2D eigenvalue weighted by molar-refractivity contribution is 5.85. The van der Waals surface area contributed by atoms with Crippen LogP contribution in [0.15, 0.2) is 18.2 Å². The third kappa shape index (κ3) is 3.64. The highest BCUT2D eigenvalue weighted by Gasteiger charge is 2.37. The first-order chi connectivity index (χ1) is 12.8. The molecule has 0 saturated carbocycles. The Labute approximate surface area is 167 Å². The second kappa shape index (κ2) is 7.88. The van der Waals surface area contributed by atoms with Gasteiger partial charge in [0.25, 0.3) is 0 Å². The third-order valence-corrected chi connectivity index (χ3v) is 6.56. The van der Waals surface area contributed by atoms with E-state index in [-0.39, 0.29) is 18.4 Å². The normalized spacial score (nSPS) is 31.5. The smallest absolute Gasteiger partial charge is 0.223 e. The molecule has 1 aromatic carbocycles. The number of benzene rings is 1. The summed E-state index contributed by atoms with van der Waals surface area (Å²) < 4.78 is 11.6. The summed E-state index contributed by atoms with van der Waals surface area (Å²) in [4.78, 5) is 15.2. The molecule has 1 N–H and O–H groups in total. The fourth-order valence-electron chi connectivity index (χ4n) is 5.45. The van der Waals surface area contributed by atoms with Gasteiger partial charge in [0.05, 0.1) is 6.04 Å². The molecule has 1 amide bonds. The highest BCUT2D eigenvalue weighted by atomic mass is 35.5. The summed E-state index contributed by atoms with van der Waals surface area (Å²) in [5.74, 6) is 2.55. The van der Waals surface area contributed by atoms with Gasteiger partial charge >= 0.3 is 0 Å². The quantitative estimate of drug-likeness (QED) is 0.855. The monoisotopic (exact) mass is 392 g/mol. The van der Waals surface area contributed by atoms with Crippen LogP contribution in [0.25, 0.3) is 0 Å². The molecule has 3 atom stereocenters. The second-order valence-electron chi connectivity index (χ2n) is 8.30. The number of rotatable bonds is 3. The van der Waals surface area contributed by atoms with Crippen LogP contribution in [-0.2, 0) is 4.79 Å². The Morgan fingerprint density at radius 1 is 1.11 bits per heavy atom. The maximum Gasteiger partial charge on any atom is 0.223 e. The minimum atomic E-state index is 0. The average Bonchev–Trinajstić information content (AvgIpc) is 3.28. The van der Waals surface area contributed by atoms with Gasteiger partial charge in [0.15, 0.2) is 11.5 Å². The van der Waals surface area contributed by atoms with Gasteiger partial charge in [-0.1, -0.05) is 12.1 Å². The summed E-state index contributed by atoms with van der Waals surface area (Å²) in [5, 5.41) is 3.68. The topological polar surface area (TPSA) is 50.8 Å². The van der Waals surface area contributed by atoms with Crippen LogP contribution < -0.4 is 14.8 Å². The van der Waals surface area contributed by atoms with E-state index in [9.17, 15) is 4.79 Å². The number of fused-ring (bicyclic) bond motifs is 3. The van der Waals surface area contributed by atoms with E-state index in [0.29, 0.717) is 43.5 Å². The second-order valence-corrected chi connectivity index (χ2v) is 8.30. The Balaban J connectivity index is 0.00000180. The molecule has 4 heterocycles. The van der Waals surface area contributed by atoms with Crippen molar-refractivity contribution < 1.29 is 14.3 Å². The highest BCUT2D eigenvalue weighted by Crippen LogP contribution is 2.43. The van der Waals surface area contributed by atoms with Gasteiger partial charge in [0.1, 0.15) is 13.2 Å². The fourth-order valence-corrected chi connectivity index (χ4v) is 5.45. The van der Waals surface area contributed by atoms with Crippen LogP contribution in [0.1, 0.15) is 56.6 Å². The minimum absolute atomic E-state index is 0. The molecule has 2 bridgehead atoms. The number of hydrogen-bond acceptors (Lipinski definition) is 4. The standard InChI is InChI=1S/C21H28N2O3.ClH/c24-20(13-14-11-15-6-7-16(12-14)22-15)23-8-2-4-18(23)17-3-1-5-19-21(17)26-10-9-25-19;/h1,3,5,14-16,18,22H,2,4,6-13H2;1H. The SMILES string of the molecule is Cl.O=C(CC1CC2CCC(C1)N2)N1CCCC1c1cccc2c1OCCO2. The van der Waals surface area contributed by atoms with Crippen molar-refractivity contribution in [2.45, 2.75) is 63.1 Å². The van der Waals surface area contributed by atoms with Crippen LogP contribution in [0.2, 0.25) is 0 Å². The van der Waals surface area contributed by atoms with E-state index < -0.39 is 0 Å². The lowest BCUT2D eigenvalue weighted by molar-refractivity contribution is -0.133. The van der Waals surface area contributed by atoms with E-state index >= 15 is 0 Å². The van der Waals surface area contributed by atoms with Crippen molar-refractivity contribution >= 4 is 18.3 Å². The lowest BCUT2D eigenvalue weighted by Gasteiger charge is -2.32. The van der Waals surface area contributed by atoms with Crippen LogP contribution in [0.3, 0.4) is 0 Å². The van der Waals surface area contributed by atoms with Crippen molar-refractivity contribution in [3.05, 3.63) is 23.8 Å². The Hall–Kier alpha value is -1.46. The van der Waals surface area contributed by atoms with Crippen LogP contribution in [0.4, 0.5) is 0 Å². The molecule has 5 nitrogen and oxygen atoms in total. The lowest BCUT2D eigenvalue weighted by Crippen LogP contribution is -2.40. The molecule has 0 radical (unpaired) electrons. The molecule has 27 heavy (non-hydrogen) atoms. The van der Waals surface area contributed by atoms with E-state index in [0.717, 1.165) is 36.4 Å². The molecule has 6 heteroatoms. The molecule has 5 rings (SSSR count). The number of ether oxygens (including phenoxy) is 2. The number of para-hydroxylation sites is 1. The van der Waals surface area contributed by atoms with Gasteiger partial charge in [-0.2, -0.15) is 0 Å². The van der Waals surface area contributed by atoms with Crippen LogP contribution >= 0.6 is 12.4 Å². The predicted molar refractivity (Wildman–Crippen MR) is 106 cm³/mol. The van der Waals surface area contributed by atoms with Crippen molar-refractivity contribution in [2.24, 2.45) is 5.92 Å². The van der Waals surface area contributed by atoms with E-state index in [1.807, 2.05) is 12.1 Å². The van der Waals surface area contributed by atoms with E-state index in [4.69, 9.17) is 9.47 Å². The van der Waals surface area contributed by atoms with Gasteiger partial charge in [-0.25, -0.2) is 0 Å². The molecular formula is C21H29ClN2O3. The fraction of sp³-hybridized carbons (Fsp3) is 0.667. The van der Waals surface area contributed by atoms with Crippen LogP contribution in [0.5, 0.6) is 11.5 Å². The summed E-state index contributed by atoms with van der Waals surface area (Å²) in [6, 6.07) is 7.52. The van der Waals surface area contributed by atoms with Gasteiger partial charge in [0.2, 0.25) is 5.91 Å². The molecule has 4 aliphatic heterocycles. The van der Waals surface area contributed by atoms with E-state index in [2.05, 4.69) is 16.3 Å². The van der Waals surface area contributed by atoms with Gasteiger partial charge in [-0.05, 0) is 50.5 Å².